The van der Waals surface area contributed by atoms with Gasteiger partial charge in [0.25, 0.3) is 0 Å². The number of benzene rings is 2. The third-order valence-electron chi connectivity index (χ3n) is 6.93. The standard InChI is InChI=1S/C12H23N.C8H3ClF4O2.C8H3ClF4O/c1-3-7-11(8-4-1)13-12-9-5-2-6-10-12;9-5-2-3(8(11,12)13)1-4(6(5)10)7(14)15;9-6-2-5(8(11,12)13)1-4(3-14)7(6)10/h11-13H,1-10H2;1-2H,(H,14,15);1-3H. The van der Waals surface area contributed by atoms with Gasteiger partial charge < -0.3 is 15.2 Å². The highest BCUT2D eigenvalue weighted by molar-refractivity contribution is 6.31. The van der Waals surface area contributed by atoms with Gasteiger partial charge in [0, 0.05) is 5.56 Å². The molecule has 2 N–H and O–H groups in total. The maximum Gasteiger partial charge on any atom is 0.416 e. The average Bonchev–Trinajstić information content (AvgIpc) is 2.92. The van der Waals surface area contributed by atoms with Gasteiger partial charge in [-0.25, -0.2) is 8.78 Å². The van der Waals surface area contributed by atoms with Crippen LogP contribution in [0.15, 0.2) is 24.3 Å². The van der Waals surface area contributed by atoms with Crippen LogP contribution in [0.25, 0.3) is 0 Å². The van der Waals surface area contributed by atoms with Crippen LogP contribution >= 0.6 is 23.2 Å². The van der Waals surface area contributed by atoms with Crippen molar-refractivity contribution in [3.63, 3.8) is 0 Å². The van der Waals surface area contributed by atoms with Gasteiger partial charge in [0.05, 0.1) is 44.8 Å². The van der Waals surface area contributed by atoms with Gasteiger partial charge in [0.1, 0.15) is 0 Å². The average molecular weight is 650 g/mol. The smallest absolute Gasteiger partial charge is 0.416 e. The fourth-order valence-corrected chi connectivity index (χ4v) is 5.25. The second-order valence-corrected chi connectivity index (χ2v) is 10.9. The lowest BCUT2D eigenvalue weighted by molar-refractivity contribution is -0.725. The largest absolute Gasteiger partial charge is 0.545 e. The van der Waals surface area contributed by atoms with E-state index in [1.54, 1.807) is 0 Å². The van der Waals surface area contributed by atoms with E-state index in [2.05, 4.69) is 5.32 Å². The van der Waals surface area contributed by atoms with E-state index in [1.165, 1.54) is 64.2 Å². The summed E-state index contributed by atoms with van der Waals surface area (Å²) in [6.07, 6.45) is 5.50. The Morgan fingerprint density at radius 3 is 1.52 bits per heavy atom. The molecule has 4 rings (SSSR count). The Morgan fingerprint density at radius 2 is 1.14 bits per heavy atom. The number of quaternary nitrogens is 1. The van der Waals surface area contributed by atoms with Crippen molar-refractivity contribution < 1.29 is 55.1 Å². The van der Waals surface area contributed by atoms with Gasteiger partial charge in [-0.2, -0.15) is 26.3 Å². The Labute approximate surface area is 247 Å². The van der Waals surface area contributed by atoms with Crippen LogP contribution in [0.4, 0.5) is 35.1 Å². The minimum atomic E-state index is -4.79. The molecule has 0 aliphatic heterocycles. The third-order valence-corrected chi connectivity index (χ3v) is 7.48. The Bertz CT molecular complexity index is 1190. The van der Waals surface area contributed by atoms with Crippen molar-refractivity contribution in [1.29, 1.82) is 0 Å². The SMILES string of the molecule is C1CCC([NH2+]C2CCCCC2)CC1.O=C([O-])c1cc(C(F)(F)F)cc(Cl)c1F.O=Cc1cc(C(F)(F)F)cc(Cl)c1F. The van der Waals surface area contributed by atoms with Crippen molar-refractivity contribution in [3.05, 3.63) is 68.2 Å². The molecular formula is C28H29Cl2F8NO3. The Balaban J connectivity index is 0.000000220. The van der Waals surface area contributed by atoms with E-state index >= 15 is 0 Å². The summed E-state index contributed by atoms with van der Waals surface area (Å²) >= 11 is 10.3. The first-order valence-corrected chi connectivity index (χ1v) is 13.9. The van der Waals surface area contributed by atoms with Crippen molar-refractivity contribution >= 4 is 35.5 Å². The highest BCUT2D eigenvalue weighted by Gasteiger charge is 2.33. The molecule has 234 valence electrons. The lowest BCUT2D eigenvalue weighted by Gasteiger charge is -2.27. The molecule has 2 aliphatic rings. The van der Waals surface area contributed by atoms with Gasteiger partial charge >= 0.3 is 12.4 Å². The van der Waals surface area contributed by atoms with Gasteiger partial charge in [-0.05, 0) is 75.6 Å². The number of rotatable bonds is 4. The molecule has 0 heterocycles. The molecule has 4 nitrogen and oxygen atoms in total. The Hall–Kier alpha value is -2.44. The van der Waals surface area contributed by atoms with Gasteiger partial charge in [0.2, 0.25) is 0 Å². The second-order valence-electron chi connectivity index (χ2n) is 10.1. The highest BCUT2D eigenvalue weighted by Crippen LogP contribution is 2.34. The summed E-state index contributed by atoms with van der Waals surface area (Å²) < 4.78 is 98.5. The maximum atomic E-state index is 12.9. The van der Waals surface area contributed by atoms with E-state index in [-0.39, 0.29) is 12.4 Å². The van der Waals surface area contributed by atoms with Crippen LogP contribution in [0.1, 0.15) is 96.1 Å². The summed E-state index contributed by atoms with van der Waals surface area (Å²) in [5.74, 6) is -4.64. The van der Waals surface area contributed by atoms with E-state index < -0.39 is 62.3 Å². The number of carboxylic acid groups (broad SMARTS) is 1. The number of halogens is 10. The molecule has 2 aliphatic carbocycles. The van der Waals surface area contributed by atoms with Crippen molar-refractivity contribution in [2.75, 3.05) is 0 Å². The molecule has 2 saturated carbocycles. The Morgan fingerprint density at radius 1 is 0.738 bits per heavy atom. The number of aromatic carboxylic acids is 1. The summed E-state index contributed by atoms with van der Waals surface area (Å²) in [4.78, 5) is 20.5. The summed E-state index contributed by atoms with van der Waals surface area (Å²) in [5.41, 5.74) is -4.40. The minimum absolute atomic E-state index is 0.0174. The van der Waals surface area contributed by atoms with Crippen LogP contribution in [-0.4, -0.2) is 24.3 Å². The summed E-state index contributed by atoms with van der Waals surface area (Å²) in [6.45, 7) is 0. The van der Waals surface area contributed by atoms with Crippen LogP contribution in [0.5, 0.6) is 0 Å². The van der Waals surface area contributed by atoms with Crippen LogP contribution < -0.4 is 10.4 Å². The molecule has 2 aromatic rings. The molecule has 0 radical (unpaired) electrons. The Kier molecular flexibility index (Phi) is 13.5. The molecule has 2 fully saturated rings. The van der Waals surface area contributed by atoms with E-state index in [9.17, 15) is 49.8 Å². The zero-order valence-corrected chi connectivity index (χ0v) is 23.7. The van der Waals surface area contributed by atoms with Crippen molar-refractivity contribution in [2.45, 2.75) is 88.6 Å². The number of carbonyl (C=O) groups excluding carboxylic acids is 2. The molecule has 0 unspecified atom stereocenters. The molecule has 14 heteroatoms. The molecule has 0 atom stereocenters. The lowest BCUT2D eigenvalue weighted by Crippen LogP contribution is -2.95. The monoisotopic (exact) mass is 649 g/mol. The van der Waals surface area contributed by atoms with E-state index in [1.807, 2.05) is 0 Å². The topological polar surface area (TPSA) is 73.8 Å². The molecular weight excluding hydrogens is 621 g/mol. The van der Waals surface area contributed by atoms with Crippen molar-refractivity contribution in [3.8, 4) is 0 Å². The van der Waals surface area contributed by atoms with Crippen molar-refractivity contribution in [2.24, 2.45) is 0 Å². The van der Waals surface area contributed by atoms with Gasteiger partial charge in [-0.15, -0.1) is 0 Å². The zero-order valence-electron chi connectivity index (χ0n) is 22.2. The normalized spacial score (nSPS) is 16.5. The summed E-state index contributed by atoms with van der Waals surface area (Å²) in [5, 5.41) is 11.4. The minimum Gasteiger partial charge on any atom is -0.545 e. The predicted octanol–water partition coefficient (Wildman–Crippen LogP) is 7.39. The van der Waals surface area contributed by atoms with Gasteiger partial charge in [-0.3, -0.25) is 4.79 Å². The number of nitrogens with two attached hydrogens (primary N) is 1. The maximum absolute atomic E-state index is 12.9. The highest BCUT2D eigenvalue weighted by atomic mass is 35.5. The van der Waals surface area contributed by atoms with E-state index in [0.29, 0.717) is 18.2 Å². The molecule has 0 spiro atoms. The fraction of sp³-hybridized carbons (Fsp3) is 0.500. The van der Waals surface area contributed by atoms with Crippen LogP contribution in [0.2, 0.25) is 10.0 Å². The first-order valence-electron chi connectivity index (χ1n) is 13.2. The number of alkyl halides is 6. The predicted molar refractivity (Wildman–Crippen MR) is 138 cm³/mol. The number of carboxylic acids is 1. The number of hydrogen-bond acceptors (Lipinski definition) is 3. The molecule has 0 aromatic heterocycles. The molecule has 2 aromatic carbocycles. The van der Waals surface area contributed by atoms with E-state index in [4.69, 9.17) is 23.2 Å². The first kappa shape index (κ1) is 35.8. The van der Waals surface area contributed by atoms with Crippen LogP contribution in [0, 0.1) is 11.6 Å². The van der Waals surface area contributed by atoms with Crippen molar-refractivity contribution in [1.82, 2.24) is 0 Å². The van der Waals surface area contributed by atoms with Gasteiger partial charge in [-0.1, -0.05) is 36.0 Å². The quantitative estimate of drug-likeness (QED) is 0.277. The summed E-state index contributed by atoms with van der Waals surface area (Å²) in [6, 6.07) is 3.28. The second kappa shape index (κ2) is 15.9. The molecule has 0 saturated heterocycles. The lowest BCUT2D eigenvalue weighted by atomic mass is 9.91. The fourth-order valence-electron chi connectivity index (χ4n) is 4.80. The molecule has 0 amide bonds. The first-order chi connectivity index (χ1) is 19.5. The summed E-state index contributed by atoms with van der Waals surface area (Å²) in [7, 11) is 0. The van der Waals surface area contributed by atoms with Crippen LogP contribution in [0.3, 0.4) is 0 Å². The third kappa shape index (κ3) is 11.0. The van der Waals surface area contributed by atoms with Crippen LogP contribution in [-0.2, 0) is 12.4 Å². The number of carbonyl (C=O) groups is 2. The number of aldehydes is 1. The van der Waals surface area contributed by atoms with E-state index in [0.717, 1.165) is 12.1 Å². The number of hydrogen-bond donors (Lipinski definition) is 1. The van der Waals surface area contributed by atoms with Gasteiger partial charge in [0.15, 0.2) is 17.9 Å². The molecule has 0 bridgehead atoms. The zero-order chi connectivity index (χ0) is 31.7. The molecule has 42 heavy (non-hydrogen) atoms.